The highest BCUT2D eigenvalue weighted by Gasteiger charge is 2.16. The molecule has 0 saturated carbocycles. The van der Waals surface area contributed by atoms with Crippen molar-refractivity contribution in [2.24, 2.45) is 9.98 Å². The molecule has 0 fully saturated rings. The molecular formula is C9H16N2O3S. The zero-order valence-electron chi connectivity index (χ0n) is 8.80. The van der Waals surface area contributed by atoms with Crippen LogP contribution in [0.1, 0.15) is 19.3 Å². The maximum absolute atomic E-state index is 11.3. The molecule has 6 heteroatoms. The lowest BCUT2D eigenvalue weighted by atomic mass is 10.2. The number of hydrogen-bond donors (Lipinski definition) is 0. The van der Waals surface area contributed by atoms with Crippen molar-refractivity contribution in [2.75, 3.05) is 19.4 Å². The molecule has 0 N–H and O–H groups in total. The van der Waals surface area contributed by atoms with Crippen molar-refractivity contribution in [1.82, 2.24) is 0 Å². The van der Waals surface area contributed by atoms with Gasteiger partial charge in [0, 0.05) is 25.9 Å². The molecule has 1 aliphatic heterocycles. The van der Waals surface area contributed by atoms with Crippen molar-refractivity contribution >= 4 is 22.5 Å². The molecular weight excluding hydrogens is 216 g/mol. The Morgan fingerprint density at radius 1 is 1.60 bits per heavy atom. The minimum absolute atomic E-state index is 0.0795. The standard InChI is InChI=1S/C9H16N2O3S/c1-10-5-3-6-14-15(12,13)7-2-4-9-8-11-9/h5,8-9H,2-4,6-7H2,1H3. The van der Waals surface area contributed by atoms with Crippen molar-refractivity contribution in [3.05, 3.63) is 0 Å². The van der Waals surface area contributed by atoms with Gasteiger partial charge in [-0.05, 0) is 12.8 Å². The highest BCUT2D eigenvalue weighted by atomic mass is 32.2. The second-order valence-corrected chi connectivity index (χ2v) is 5.08. The summed E-state index contributed by atoms with van der Waals surface area (Å²) in [6, 6.07) is 0.285. The lowest BCUT2D eigenvalue weighted by molar-refractivity contribution is 0.328. The predicted octanol–water partition coefficient (Wildman–Crippen LogP) is 0.657. The van der Waals surface area contributed by atoms with Gasteiger partial charge >= 0.3 is 0 Å². The first-order valence-corrected chi connectivity index (χ1v) is 6.53. The molecule has 5 nitrogen and oxygen atoms in total. The zero-order chi connectivity index (χ0) is 11.1. The van der Waals surface area contributed by atoms with E-state index in [0.717, 1.165) is 6.42 Å². The molecule has 0 aromatic carbocycles. The summed E-state index contributed by atoms with van der Waals surface area (Å²) in [5.41, 5.74) is 0. The third-order valence-electron chi connectivity index (χ3n) is 1.95. The van der Waals surface area contributed by atoms with E-state index < -0.39 is 10.1 Å². The molecule has 86 valence electrons. The lowest BCUT2D eigenvalue weighted by Gasteiger charge is -2.03. The SMILES string of the molecule is CN=CCCOS(=O)(=O)CCCC1C=N1. The van der Waals surface area contributed by atoms with Crippen LogP contribution in [0.15, 0.2) is 9.98 Å². The fourth-order valence-corrected chi connectivity index (χ4v) is 2.08. The fraction of sp³-hybridized carbons (Fsp3) is 0.778. The number of hydrogen-bond acceptors (Lipinski definition) is 5. The molecule has 15 heavy (non-hydrogen) atoms. The van der Waals surface area contributed by atoms with Crippen LogP contribution in [0.25, 0.3) is 0 Å². The van der Waals surface area contributed by atoms with Gasteiger partial charge in [-0.1, -0.05) is 0 Å². The van der Waals surface area contributed by atoms with Crippen molar-refractivity contribution in [2.45, 2.75) is 25.3 Å². The first kappa shape index (κ1) is 12.3. The van der Waals surface area contributed by atoms with E-state index in [9.17, 15) is 8.42 Å². The van der Waals surface area contributed by atoms with Crippen LogP contribution in [-0.2, 0) is 14.3 Å². The second kappa shape index (κ2) is 5.97. The third kappa shape index (κ3) is 6.35. The van der Waals surface area contributed by atoms with E-state index in [-0.39, 0.29) is 18.4 Å². The van der Waals surface area contributed by atoms with Crippen LogP contribution in [-0.4, -0.2) is 46.3 Å². The molecule has 1 atom stereocenters. The third-order valence-corrected chi connectivity index (χ3v) is 3.26. The van der Waals surface area contributed by atoms with Crippen LogP contribution in [0, 0.1) is 0 Å². The molecule has 0 amide bonds. The van der Waals surface area contributed by atoms with Crippen molar-refractivity contribution in [1.29, 1.82) is 0 Å². The highest BCUT2D eigenvalue weighted by Crippen LogP contribution is 2.10. The van der Waals surface area contributed by atoms with E-state index in [1.165, 1.54) is 0 Å². The zero-order valence-corrected chi connectivity index (χ0v) is 9.61. The number of aliphatic imine (C=N–C) groups is 2. The summed E-state index contributed by atoms with van der Waals surface area (Å²) >= 11 is 0. The Morgan fingerprint density at radius 2 is 2.33 bits per heavy atom. The molecule has 0 aromatic rings. The van der Waals surface area contributed by atoms with Crippen molar-refractivity contribution in [3.8, 4) is 0 Å². The molecule has 0 spiro atoms. The van der Waals surface area contributed by atoms with Gasteiger partial charge in [-0.25, -0.2) is 0 Å². The minimum atomic E-state index is -3.35. The van der Waals surface area contributed by atoms with E-state index in [1.54, 1.807) is 13.3 Å². The van der Waals surface area contributed by atoms with Crippen LogP contribution in [0.3, 0.4) is 0 Å². The number of nitrogens with zero attached hydrogens (tertiary/aromatic N) is 2. The van der Waals surface area contributed by atoms with Gasteiger partial charge in [-0.15, -0.1) is 0 Å². The quantitative estimate of drug-likeness (QED) is 0.350. The topological polar surface area (TPSA) is 68.1 Å². The van der Waals surface area contributed by atoms with Crippen LogP contribution >= 0.6 is 0 Å². The summed E-state index contributed by atoms with van der Waals surface area (Å²) in [6.07, 6.45) is 5.40. The van der Waals surface area contributed by atoms with Crippen LogP contribution in [0.2, 0.25) is 0 Å². The predicted molar refractivity (Wildman–Crippen MR) is 60.3 cm³/mol. The summed E-state index contributed by atoms with van der Waals surface area (Å²) in [5, 5.41) is 0. The molecule has 1 aliphatic rings. The van der Waals surface area contributed by atoms with Gasteiger partial charge in [-0.3, -0.25) is 9.18 Å². The summed E-state index contributed by atoms with van der Waals surface area (Å²) in [5.74, 6) is 0.0795. The highest BCUT2D eigenvalue weighted by molar-refractivity contribution is 7.86. The monoisotopic (exact) mass is 232 g/mol. The minimum Gasteiger partial charge on any atom is -0.301 e. The largest absolute Gasteiger partial charge is 0.301 e. The van der Waals surface area contributed by atoms with E-state index in [0.29, 0.717) is 12.8 Å². The van der Waals surface area contributed by atoms with E-state index in [2.05, 4.69) is 9.98 Å². The first-order chi connectivity index (χ1) is 7.14. The maximum Gasteiger partial charge on any atom is 0.267 e. The molecule has 0 aromatic heterocycles. The lowest BCUT2D eigenvalue weighted by Crippen LogP contribution is -2.12. The van der Waals surface area contributed by atoms with E-state index in [4.69, 9.17) is 4.18 Å². The van der Waals surface area contributed by atoms with E-state index >= 15 is 0 Å². The molecule has 1 rings (SSSR count). The Morgan fingerprint density at radius 3 is 2.93 bits per heavy atom. The molecule has 0 bridgehead atoms. The molecule has 1 unspecified atom stereocenters. The summed E-state index contributed by atoms with van der Waals surface area (Å²) in [7, 11) is -1.70. The first-order valence-electron chi connectivity index (χ1n) is 4.95. The van der Waals surface area contributed by atoms with Crippen molar-refractivity contribution < 1.29 is 12.6 Å². The smallest absolute Gasteiger partial charge is 0.267 e. The molecule has 0 saturated heterocycles. The Hall–Kier alpha value is -0.750. The Kier molecular flexibility index (Phi) is 4.90. The van der Waals surface area contributed by atoms with Gasteiger partial charge in [0.25, 0.3) is 10.1 Å². The van der Waals surface area contributed by atoms with Gasteiger partial charge in [0.15, 0.2) is 0 Å². The van der Waals surface area contributed by atoms with Crippen LogP contribution in [0.4, 0.5) is 0 Å². The van der Waals surface area contributed by atoms with Crippen LogP contribution in [0.5, 0.6) is 0 Å². The molecule has 0 aliphatic carbocycles. The van der Waals surface area contributed by atoms with Crippen molar-refractivity contribution in [3.63, 3.8) is 0 Å². The molecule has 1 heterocycles. The number of rotatable bonds is 8. The second-order valence-electron chi connectivity index (χ2n) is 3.32. The summed E-state index contributed by atoms with van der Waals surface area (Å²) < 4.78 is 27.4. The van der Waals surface area contributed by atoms with Gasteiger partial charge in [-0.2, -0.15) is 8.42 Å². The van der Waals surface area contributed by atoms with Gasteiger partial charge < -0.3 is 4.99 Å². The average Bonchev–Trinajstić information content (AvgIpc) is 2.96. The summed E-state index contributed by atoms with van der Waals surface area (Å²) in [6.45, 7) is 0.180. The Labute approximate surface area is 90.4 Å². The Bertz CT molecular complexity index is 329. The summed E-state index contributed by atoms with van der Waals surface area (Å²) in [4.78, 5) is 7.66. The maximum atomic E-state index is 11.3. The van der Waals surface area contributed by atoms with E-state index in [1.807, 2.05) is 6.21 Å². The normalized spacial score (nSPS) is 19.9. The fourth-order valence-electron chi connectivity index (χ4n) is 1.09. The average molecular weight is 232 g/mol. The van der Waals surface area contributed by atoms with Gasteiger partial charge in [0.05, 0.1) is 18.4 Å². The van der Waals surface area contributed by atoms with Gasteiger partial charge in [0.2, 0.25) is 0 Å². The Balaban J connectivity index is 2.07. The van der Waals surface area contributed by atoms with Gasteiger partial charge in [0.1, 0.15) is 0 Å². The molecule has 0 radical (unpaired) electrons. The van der Waals surface area contributed by atoms with Crippen LogP contribution < -0.4 is 0 Å².